The van der Waals surface area contributed by atoms with Crippen molar-refractivity contribution in [2.24, 2.45) is 0 Å². The van der Waals surface area contributed by atoms with Crippen LogP contribution in [0.15, 0.2) is 11.1 Å². The first-order chi connectivity index (χ1) is 5.27. The number of nitrogens with zero attached hydrogens (tertiary/aromatic N) is 1. The third-order valence-corrected chi connectivity index (χ3v) is 1.39. The molecule has 56 valence electrons. The topological polar surface area (TPSA) is 102 Å². The lowest BCUT2D eigenvalue weighted by Crippen LogP contribution is -2.15. The first-order valence-corrected chi connectivity index (χ1v) is 3.02. The Labute approximate surface area is 60.5 Å². The number of H-pyrrole nitrogens is 3. The van der Waals surface area contributed by atoms with Crippen molar-refractivity contribution in [2.45, 2.75) is 0 Å². The lowest BCUT2D eigenvalue weighted by Gasteiger charge is -1.85. The first kappa shape index (κ1) is 5.90. The van der Waals surface area contributed by atoms with Crippen molar-refractivity contribution in [3.63, 3.8) is 0 Å². The van der Waals surface area contributed by atoms with Crippen molar-refractivity contribution >= 4 is 17.0 Å². The Bertz CT molecular complexity index is 441. The zero-order valence-electron chi connectivity index (χ0n) is 5.51. The van der Waals surface area contributed by atoms with Gasteiger partial charge in [0.05, 0.1) is 0 Å². The van der Waals surface area contributed by atoms with Crippen LogP contribution >= 0.6 is 0 Å². The van der Waals surface area contributed by atoms with Crippen LogP contribution in [0.2, 0.25) is 0 Å². The summed E-state index contributed by atoms with van der Waals surface area (Å²) in [6, 6.07) is 0. The molecule has 2 heterocycles. The van der Waals surface area contributed by atoms with Gasteiger partial charge in [-0.25, -0.2) is 9.78 Å². The zero-order valence-corrected chi connectivity index (χ0v) is 5.51. The Kier molecular flexibility index (Phi) is 0.974. The second-order valence-electron chi connectivity index (χ2n) is 2.11. The lowest BCUT2D eigenvalue weighted by molar-refractivity contribution is -0.347. The molecule has 6 heteroatoms. The van der Waals surface area contributed by atoms with Crippen LogP contribution < -0.4 is 16.4 Å². The van der Waals surface area contributed by atoms with Gasteiger partial charge >= 0.3 is 11.3 Å². The number of imidazole rings is 1. The number of fused-ring (bicyclic) bond motifs is 1. The Morgan fingerprint density at radius 3 is 3.27 bits per heavy atom. The molecule has 0 aliphatic carbocycles. The van der Waals surface area contributed by atoms with E-state index in [1.54, 1.807) is 6.33 Å². The highest BCUT2D eigenvalue weighted by molar-refractivity contribution is 5.77. The van der Waals surface area contributed by atoms with Crippen LogP contribution in [0, 0.1) is 0 Å². The van der Waals surface area contributed by atoms with Crippen molar-refractivity contribution in [3.8, 4) is 0 Å². The molecular formula is C5H6N5O+. The van der Waals surface area contributed by atoms with Gasteiger partial charge in [-0.3, -0.25) is 9.97 Å². The standard InChI is InChI=1S/C5H5N5O/c6-3-2-4(8-1-7-2)10-5(11)9-3/h1H,(H4,6,7,8,9,10,11)/p+1. The molecule has 0 unspecified atom stereocenters. The van der Waals surface area contributed by atoms with E-state index in [9.17, 15) is 4.79 Å². The molecule has 2 aromatic rings. The molecule has 0 spiro atoms. The number of aromatic amines is 3. The molecule has 0 aliphatic heterocycles. The van der Waals surface area contributed by atoms with Gasteiger partial charge in [0.15, 0.2) is 12.1 Å². The summed E-state index contributed by atoms with van der Waals surface area (Å²) in [7, 11) is 0. The van der Waals surface area contributed by atoms with Gasteiger partial charge in [-0.1, -0.05) is 0 Å². The van der Waals surface area contributed by atoms with Crippen LogP contribution in [0.5, 0.6) is 0 Å². The van der Waals surface area contributed by atoms with Gasteiger partial charge in [-0.05, 0) is 4.98 Å². The fourth-order valence-electron chi connectivity index (χ4n) is 0.918. The summed E-state index contributed by atoms with van der Waals surface area (Å²) < 4.78 is 0. The Hall–Kier alpha value is -1.85. The minimum Gasteiger partial charge on any atom is -0.382 e. The molecule has 0 amide bonds. The number of nitrogens with one attached hydrogen (secondary N) is 3. The van der Waals surface area contributed by atoms with Crippen LogP contribution in [0.4, 0.5) is 5.82 Å². The predicted molar refractivity (Wildman–Crippen MR) is 37.7 cm³/mol. The maximum atomic E-state index is 10.7. The van der Waals surface area contributed by atoms with Gasteiger partial charge in [-0.2, -0.15) is 0 Å². The largest absolute Gasteiger partial charge is 0.419 e. The molecule has 11 heavy (non-hydrogen) atoms. The Balaban J connectivity index is 3.02. The lowest BCUT2D eigenvalue weighted by atomic mass is 10.5. The third kappa shape index (κ3) is 0.759. The molecular weight excluding hydrogens is 146 g/mol. The van der Waals surface area contributed by atoms with E-state index in [0.29, 0.717) is 17.0 Å². The fourth-order valence-corrected chi connectivity index (χ4v) is 0.918. The van der Waals surface area contributed by atoms with E-state index in [4.69, 9.17) is 5.73 Å². The molecule has 2 aromatic heterocycles. The quantitative estimate of drug-likeness (QED) is 0.434. The van der Waals surface area contributed by atoms with Gasteiger partial charge in [-0.15, -0.1) is 0 Å². The van der Waals surface area contributed by atoms with Gasteiger partial charge in [0.25, 0.3) is 0 Å². The van der Waals surface area contributed by atoms with Crippen LogP contribution in [-0.4, -0.2) is 15.0 Å². The van der Waals surface area contributed by atoms with Crippen molar-refractivity contribution in [1.82, 2.24) is 15.0 Å². The van der Waals surface area contributed by atoms with Gasteiger partial charge in [0.1, 0.15) is 0 Å². The number of aromatic nitrogens is 4. The number of anilines is 1. The fraction of sp³-hybridized carbons (Fsp3) is 0. The average molecular weight is 152 g/mol. The highest BCUT2D eigenvalue weighted by Gasteiger charge is 2.08. The molecule has 0 bridgehead atoms. The molecule has 0 fully saturated rings. The molecule has 0 aliphatic rings. The number of nitrogen functional groups attached to an aromatic ring is 1. The average Bonchev–Trinajstić information content (AvgIpc) is 2.34. The summed E-state index contributed by atoms with van der Waals surface area (Å²) >= 11 is 0. The minimum absolute atomic E-state index is 0.293. The van der Waals surface area contributed by atoms with E-state index in [-0.39, 0.29) is 0 Å². The van der Waals surface area contributed by atoms with Gasteiger partial charge in [0.2, 0.25) is 5.52 Å². The number of hydrogen-bond donors (Lipinski definition) is 3. The first-order valence-electron chi connectivity index (χ1n) is 3.02. The Morgan fingerprint density at radius 1 is 1.64 bits per heavy atom. The van der Waals surface area contributed by atoms with Crippen LogP contribution in [0.1, 0.15) is 0 Å². The molecule has 0 atom stereocenters. The number of nitrogens with two attached hydrogens (primary N) is 1. The second kappa shape index (κ2) is 1.82. The van der Waals surface area contributed by atoms with Crippen molar-refractivity contribution < 1.29 is 4.98 Å². The second-order valence-corrected chi connectivity index (χ2v) is 2.11. The summed E-state index contributed by atoms with van der Waals surface area (Å²) in [4.78, 5) is 22.2. The van der Waals surface area contributed by atoms with Gasteiger partial charge in [0, 0.05) is 0 Å². The van der Waals surface area contributed by atoms with Crippen molar-refractivity contribution in [3.05, 3.63) is 16.8 Å². The monoisotopic (exact) mass is 152 g/mol. The number of hydrogen-bond acceptors (Lipinski definition) is 3. The van der Waals surface area contributed by atoms with Crippen molar-refractivity contribution in [2.75, 3.05) is 5.73 Å². The molecule has 6 nitrogen and oxygen atoms in total. The zero-order chi connectivity index (χ0) is 7.84. The normalized spacial score (nSPS) is 10.5. The van der Waals surface area contributed by atoms with Gasteiger partial charge < -0.3 is 5.73 Å². The molecule has 5 N–H and O–H groups in total. The maximum absolute atomic E-state index is 10.7. The molecule has 0 aromatic carbocycles. The summed E-state index contributed by atoms with van der Waals surface area (Å²) in [5.74, 6) is 0.293. The van der Waals surface area contributed by atoms with E-state index in [1.807, 2.05) is 0 Å². The van der Waals surface area contributed by atoms with E-state index in [0.717, 1.165) is 0 Å². The SMILES string of the molecule is Nc1[nH]c(=O)nc2[nH+]c[nH]c12. The van der Waals surface area contributed by atoms with Crippen LogP contribution in [-0.2, 0) is 0 Å². The van der Waals surface area contributed by atoms with E-state index in [2.05, 4.69) is 19.9 Å². The summed E-state index contributed by atoms with van der Waals surface area (Å²) in [6.45, 7) is 0. The number of rotatable bonds is 0. The smallest absolute Gasteiger partial charge is 0.382 e. The Morgan fingerprint density at radius 2 is 2.45 bits per heavy atom. The molecule has 0 saturated carbocycles. The van der Waals surface area contributed by atoms with Crippen LogP contribution in [0.3, 0.4) is 0 Å². The van der Waals surface area contributed by atoms with E-state index in [1.165, 1.54) is 0 Å². The molecule has 0 radical (unpaired) electrons. The van der Waals surface area contributed by atoms with Crippen molar-refractivity contribution in [1.29, 1.82) is 0 Å². The summed E-state index contributed by atoms with van der Waals surface area (Å²) in [6.07, 6.45) is 1.56. The van der Waals surface area contributed by atoms with Crippen LogP contribution in [0.25, 0.3) is 11.2 Å². The minimum atomic E-state index is -0.453. The predicted octanol–water partition coefficient (Wildman–Crippen LogP) is -1.35. The third-order valence-electron chi connectivity index (χ3n) is 1.39. The highest BCUT2D eigenvalue weighted by Crippen LogP contribution is 2.04. The maximum Gasteiger partial charge on any atom is 0.419 e. The molecule has 2 rings (SSSR count). The highest BCUT2D eigenvalue weighted by atomic mass is 16.1. The summed E-state index contributed by atoms with van der Waals surface area (Å²) in [5, 5.41) is 0. The van der Waals surface area contributed by atoms with E-state index < -0.39 is 5.69 Å². The van der Waals surface area contributed by atoms with E-state index >= 15 is 0 Å². The molecule has 0 saturated heterocycles. The summed E-state index contributed by atoms with van der Waals surface area (Å²) in [5.41, 5.74) is 6.08.